The van der Waals surface area contributed by atoms with Crippen LogP contribution in [0.5, 0.6) is 5.75 Å². The highest BCUT2D eigenvalue weighted by atomic mass is 35.5. The molecule has 1 aromatic carbocycles. The van der Waals surface area contributed by atoms with Crippen molar-refractivity contribution in [3.8, 4) is 17.1 Å². The third-order valence-electron chi connectivity index (χ3n) is 3.13. The van der Waals surface area contributed by atoms with Gasteiger partial charge in [0.05, 0.1) is 12.8 Å². The zero-order valence-corrected chi connectivity index (χ0v) is 13.9. The summed E-state index contributed by atoms with van der Waals surface area (Å²) in [5.74, 6) is 8.07. The first-order valence-electron chi connectivity index (χ1n) is 6.76. The van der Waals surface area contributed by atoms with Gasteiger partial charge < -0.3 is 10.6 Å². The molecule has 2 N–H and O–H groups in total. The molecular formula is C15H14ClN5OS. The van der Waals surface area contributed by atoms with Gasteiger partial charge in [-0.3, -0.25) is 0 Å². The van der Waals surface area contributed by atoms with Gasteiger partial charge in [0.1, 0.15) is 10.9 Å². The minimum atomic E-state index is 0.469. The Labute approximate surface area is 142 Å². The predicted molar refractivity (Wildman–Crippen MR) is 91.0 cm³/mol. The fourth-order valence-corrected chi connectivity index (χ4v) is 2.92. The zero-order valence-electron chi connectivity index (χ0n) is 12.3. The van der Waals surface area contributed by atoms with Gasteiger partial charge in [-0.2, -0.15) is 0 Å². The molecule has 3 aromatic rings. The van der Waals surface area contributed by atoms with Crippen molar-refractivity contribution < 1.29 is 4.74 Å². The number of benzene rings is 1. The van der Waals surface area contributed by atoms with Gasteiger partial charge in [-0.15, -0.1) is 10.2 Å². The van der Waals surface area contributed by atoms with Crippen LogP contribution in [0.3, 0.4) is 0 Å². The Balaban J connectivity index is 1.76. The van der Waals surface area contributed by atoms with Gasteiger partial charge in [0.15, 0.2) is 5.82 Å². The van der Waals surface area contributed by atoms with Crippen molar-refractivity contribution in [2.45, 2.75) is 10.9 Å². The molecule has 0 amide bonds. The predicted octanol–water partition coefficient (Wildman–Crippen LogP) is 3.01. The highest BCUT2D eigenvalue weighted by Crippen LogP contribution is 2.25. The molecule has 0 radical (unpaired) electrons. The fraction of sp³-hybridized carbons (Fsp3) is 0.133. The van der Waals surface area contributed by atoms with E-state index in [1.54, 1.807) is 13.2 Å². The normalized spacial score (nSPS) is 10.7. The molecule has 23 heavy (non-hydrogen) atoms. The number of thioether (sulfide) groups is 1. The van der Waals surface area contributed by atoms with Gasteiger partial charge in [-0.05, 0) is 36.4 Å². The highest BCUT2D eigenvalue weighted by Gasteiger charge is 2.12. The summed E-state index contributed by atoms with van der Waals surface area (Å²) < 4.78 is 6.61. The van der Waals surface area contributed by atoms with Crippen molar-refractivity contribution in [2.75, 3.05) is 13.0 Å². The van der Waals surface area contributed by atoms with E-state index in [1.165, 1.54) is 16.4 Å². The average molecular weight is 348 g/mol. The summed E-state index contributed by atoms with van der Waals surface area (Å²) in [5, 5.41) is 9.36. The Morgan fingerprint density at radius 3 is 2.65 bits per heavy atom. The molecule has 0 bridgehead atoms. The largest absolute Gasteiger partial charge is 0.497 e. The number of ether oxygens (including phenoxy) is 1. The van der Waals surface area contributed by atoms with Crippen LogP contribution in [0.15, 0.2) is 47.6 Å². The van der Waals surface area contributed by atoms with Crippen LogP contribution >= 0.6 is 23.4 Å². The minimum absolute atomic E-state index is 0.469. The number of aromatic nitrogens is 4. The Morgan fingerprint density at radius 1 is 1.17 bits per heavy atom. The van der Waals surface area contributed by atoms with Gasteiger partial charge in [0.25, 0.3) is 0 Å². The molecule has 0 saturated carbocycles. The number of halogens is 1. The van der Waals surface area contributed by atoms with Gasteiger partial charge in [-0.25, -0.2) is 9.66 Å². The first-order chi connectivity index (χ1) is 11.2. The zero-order chi connectivity index (χ0) is 16.2. The van der Waals surface area contributed by atoms with E-state index in [0.717, 1.165) is 17.0 Å². The van der Waals surface area contributed by atoms with E-state index in [9.17, 15) is 0 Å². The topological polar surface area (TPSA) is 78.9 Å². The van der Waals surface area contributed by atoms with E-state index >= 15 is 0 Å². The second kappa shape index (κ2) is 6.89. The van der Waals surface area contributed by atoms with Crippen LogP contribution in [0.1, 0.15) is 5.69 Å². The fourth-order valence-electron chi connectivity index (χ4n) is 1.98. The van der Waals surface area contributed by atoms with E-state index in [2.05, 4.69) is 15.2 Å². The van der Waals surface area contributed by atoms with Crippen LogP contribution in [-0.4, -0.2) is 27.0 Å². The SMILES string of the molecule is COc1ccc(-c2nnc(SCc3cccc(Cl)n3)n2N)cc1. The summed E-state index contributed by atoms with van der Waals surface area (Å²) >= 11 is 7.33. The molecule has 0 atom stereocenters. The molecule has 0 aliphatic carbocycles. The number of rotatable bonds is 5. The molecule has 0 unspecified atom stereocenters. The number of nitrogens with zero attached hydrogens (tertiary/aromatic N) is 4. The van der Waals surface area contributed by atoms with Gasteiger partial charge in [0.2, 0.25) is 5.16 Å². The van der Waals surface area contributed by atoms with Gasteiger partial charge in [0, 0.05) is 11.3 Å². The van der Waals surface area contributed by atoms with Crippen molar-refractivity contribution in [1.82, 2.24) is 19.9 Å². The summed E-state index contributed by atoms with van der Waals surface area (Å²) in [6, 6.07) is 13.0. The Bertz CT molecular complexity index is 806. The summed E-state index contributed by atoms with van der Waals surface area (Å²) in [6.45, 7) is 0. The number of nitrogens with two attached hydrogens (primary N) is 1. The molecule has 0 aliphatic rings. The number of hydrogen-bond donors (Lipinski definition) is 1. The summed E-state index contributed by atoms with van der Waals surface area (Å²) in [4.78, 5) is 4.23. The number of pyridine rings is 1. The first-order valence-corrected chi connectivity index (χ1v) is 8.13. The second-order valence-corrected chi connectivity index (χ2v) is 5.97. The molecule has 0 aliphatic heterocycles. The molecule has 0 fully saturated rings. The van der Waals surface area contributed by atoms with Crippen molar-refractivity contribution >= 4 is 23.4 Å². The molecule has 0 spiro atoms. The maximum atomic E-state index is 6.09. The quantitative estimate of drug-likeness (QED) is 0.434. The lowest BCUT2D eigenvalue weighted by Crippen LogP contribution is -2.11. The Hall–Kier alpha value is -2.25. The number of nitrogen functional groups attached to an aromatic ring is 1. The highest BCUT2D eigenvalue weighted by molar-refractivity contribution is 7.98. The monoisotopic (exact) mass is 347 g/mol. The number of methoxy groups -OCH3 is 1. The van der Waals surface area contributed by atoms with Crippen LogP contribution in [0.4, 0.5) is 0 Å². The van der Waals surface area contributed by atoms with Crippen molar-refractivity contribution in [1.29, 1.82) is 0 Å². The van der Waals surface area contributed by atoms with E-state index in [-0.39, 0.29) is 0 Å². The smallest absolute Gasteiger partial charge is 0.210 e. The maximum absolute atomic E-state index is 6.09. The summed E-state index contributed by atoms with van der Waals surface area (Å²) in [5.41, 5.74) is 1.73. The third-order valence-corrected chi connectivity index (χ3v) is 4.32. The van der Waals surface area contributed by atoms with Crippen LogP contribution in [0.25, 0.3) is 11.4 Å². The van der Waals surface area contributed by atoms with Crippen molar-refractivity contribution in [2.24, 2.45) is 0 Å². The molecule has 2 heterocycles. The van der Waals surface area contributed by atoms with Crippen LogP contribution in [0.2, 0.25) is 5.15 Å². The molecule has 0 saturated heterocycles. The molecule has 3 rings (SSSR count). The van der Waals surface area contributed by atoms with E-state index in [4.69, 9.17) is 22.2 Å². The Kier molecular flexibility index (Phi) is 4.68. The van der Waals surface area contributed by atoms with Crippen LogP contribution in [0, 0.1) is 0 Å². The maximum Gasteiger partial charge on any atom is 0.210 e. The Morgan fingerprint density at radius 2 is 1.96 bits per heavy atom. The van der Waals surface area contributed by atoms with Crippen molar-refractivity contribution in [3.05, 3.63) is 53.3 Å². The molecule has 6 nitrogen and oxygen atoms in total. The molecule has 118 valence electrons. The van der Waals surface area contributed by atoms with Gasteiger partial charge in [-0.1, -0.05) is 29.4 Å². The average Bonchev–Trinajstić information content (AvgIpc) is 2.94. The standard InChI is InChI=1S/C15H14ClN5OS/c1-22-12-7-5-10(6-8-12)14-19-20-15(21(14)17)23-9-11-3-2-4-13(16)18-11/h2-8H,9,17H2,1H3. The first kappa shape index (κ1) is 15.6. The lowest BCUT2D eigenvalue weighted by Gasteiger charge is -2.05. The van der Waals surface area contributed by atoms with E-state index < -0.39 is 0 Å². The summed E-state index contributed by atoms with van der Waals surface area (Å²) in [7, 11) is 1.62. The van der Waals surface area contributed by atoms with Gasteiger partial charge >= 0.3 is 0 Å². The lowest BCUT2D eigenvalue weighted by atomic mass is 10.2. The lowest BCUT2D eigenvalue weighted by molar-refractivity contribution is 0.415. The molecule has 2 aromatic heterocycles. The minimum Gasteiger partial charge on any atom is -0.497 e. The van der Waals surface area contributed by atoms with Crippen molar-refractivity contribution in [3.63, 3.8) is 0 Å². The molecular weight excluding hydrogens is 334 g/mol. The second-order valence-electron chi connectivity index (χ2n) is 4.65. The van der Waals surface area contributed by atoms with E-state index in [0.29, 0.717) is 21.9 Å². The summed E-state index contributed by atoms with van der Waals surface area (Å²) in [6.07, 6.45) is 0. The third kappa shape index (κ3) is 3.57. The molecule has 8 heteroatoms. The number of hydrogen-bond acceptors (Lipinski definition) is 6. The van der Waals surface area contributed by atoms with Crippen LogP contribution in [-0.2, 0) is 5.75 Å². The van der Waals surface area contributed by atoms with E-state index in [1.807, 2.05) is 36.4 Å². The van der Waals surface area contributed by atoms with Crippen LogP contribution < -0.4 is 10.6 Å².